The molecule has 2 heterocycles. The van der Waals surface area contributed by atoms with E-state index < -0.39 is 0 Å². The van der Waals surface area contributed by atoms with Crippen molar-refractivity contribution in [2.75, 3.05) is 38.2 Å². The number of rotatable bonds is 9. The Kier molecular flexibility index (Phi) is 7.29. The van der Waals surface area contributed by atoms with Gasteiger partial charge in [-0.1, -0.05) is 42.9 Å². The van der Waals surface area contributed by atoms with Crippen molar-refractivity contribution in [3.63, 3.8) is 0 Å². The van der Waals surface area contributed by atoms with Gasteiger partial charge >= 0.3 is 0 Å². The molecular formula is C20H24ClN3O2S2. The molecule has 0 fully saturated rings. The summed E-state index contributed by atoms with van der Waals surface area (Å²) in [5.41, 5.74) is 0.796. The molecule has 0 aliphatic heterocycles. The van der Waals surface area contributed by atoms with Gasteiger partial charge in [-0.05, 0) is 37.4 Å². The summed E-state index contributed by atoms with van der Waals surface area (Å²) in [5, 5.41) is 0.708. The van der Waals surface area contributed by atoms with E-state index in [1.807, 2.05) is 30.3 Å². The summed E-state index contributed by atoms with van der Waals surface area (Å²) in [6.45, 7) is 7.57. The lowest BCUT2D eigenvalue weighted by atomic mass is 10.3. The van der Waals surface area contributed by atoms with Crippen LogP contribution in [0.5, 0.6) is 5.75 Å². The topological polar surface area (TPSA) is 45.7 Å². The Balaban J connectivity index is 1.89. The fourth-order valence-electron chi connectivity index (χ4n) is 2.99. The van der Waals surface area contributed by atoms with Crippen LogP contribution in [0, 0.1) is 0 Å². The van der Waals surface area contributed by atoms with E-state index in [4.69, 9.17) is 21.3 Å². The zero-order valence-electron chi connectivity index (χ0n) is 16.3. The number of anilines is 1. The molecule has 0 aliphatic carbocycles. The number of ether oxygens (including phenoxy) is 1. The molecule has 0 N–H and O–H groups in total. The number of hydrogen-bond acceptors (Lipinski definition) is 6. The molecule has 3 aromatic rings. The van der Waals surface area contributed by atoms with Crippen molar-refractivity contribution < 1.29 is 9.53 Å². The van der Waals surface area contributed by atoms with Gasteiger partial charge in [0.05, 0.1) is 22.6 Å². The van der Waals surface area contributed by atoms with Crippen LogP contribution >= 0.6 is 34.3 Å². The fourth-order valence-corrected chi connectivity index (χ4v) is 5.10. The van der Waals surface area contributed by atoms with E-state index in [9.17, 15) is 4.79 Å². The van der Waals surface area contributed by atoms with Crippen molar-refractivity contribution in [2.24, 2.45) is 0 Å². The summed E-state index contributed by atoms with van der Waals surface area (Å²) in [7, 11) is 1.64. The largest absolute Gasteiger partial charge is 0.494 e. The zero-order valence-corrected chi connectivity index (χ0v) is 18.7. The number of methoxy groups -OCH3 is 1. The van der Waals surface area contributed by atoms with Crippen molar-refractivity contribution >= 4 is 55.5 Å². The van der Waals surface area contributed by atoms with E-state index in [0.717, 1.165) is 40.5 Å². The van der Waals surface area contributed by atoms with Crippen molar-refractivity contribution in [3.8, 4) is 5.75 Å². The van der Waals surface area contributed by atoms with Gasteiger partial charge in [0.2, 0.25) is 5.91 Å². The lowest BCUT2D eigenvalue weighted by Crippen LogP contribution is -2.39. The van der Waals surface area contributed by atoms with E-state index >= 15 is 0 Å². The second-order valence-electron chi connectivity index (χ2n) is 6.26. The van der Waals surface area contributed by atoms with Gasteiger partial charge in [-0.3, -0.25) is 9.69 Å². The van der Waals surface area contributed by atoms with Crippen LogP contribution in [0.25, 0.3) is 10.2 Å². The first-order chi connectivity index (χ1) is 13.5. The van der Waals surface area contributed by atoms with Crippen LogP contribution in [0.1, 0.15) is 18.7 Å². The SMILES string of the molecule is CCN(CC)CCN(C(=O)Cc1ccc(Cl)s1)c1nc2c(OC)cccc2s1. The minimum atomic E-state index is 0.0312. The van der Waals surface area contributed by atoms with E-state index in [-0.39, 0.29) is 5.91 Å². The summed E-state index contributed by atoms with van der Waals surface area (Å²) < 4.78 is 7.14. The highest BCUT2D eigenvalue weighted by atomic mass is 35.5. The Morgan fingerprint density at radius 1 is 1.14 bits per heavy atom. The monoisotopic (exact) mass is 437 g/mol. The van der Waals surface area contributed by atoms with E-state index in [2.05, 4.69) is 18.7 Å². The molecule has 8 heteroatoms. The molecule has 0 saturated carbocycles. The molecule has 0 radical (unpaired) electrons. The summed E-state index contributed by atoms with van der Waals surface area (Å²) in [5.74, 6) is 0.755. The van der Waals surface area contributed by atoms with Crippen LogP contribution in [-0.2, 0) is 11.2 Å². The molecule has 0 atom stereocenters. The third-order valence-electron chi connectivity index (χ3n) is 4.61. The maximum atomic E-state index is 13.1. The molecule has 1 aromatic carbocycles. The maximum Gasteiger partial charge on any atom is 0.234 e. The Hall–Kier alpha value is -1.67. The third-order valence-corrected chi connectivity index (χ3v) is 6.89. The molecule has 150 valence electrons. The smallest absolute Gasteiger partial charge is 0.234 e. The van der Waals surface area contributed by atoms with Gasteiger partial charge in [0, 0.05) is 18.0 Å². The molecule has 2 aromatic heterocycles. The van der Waals surface area contributed by atoms with Crippen molar-refractivity contribution in [1.82, 2.24) is 9.88 Å². The van der Waals surface area contributed by atoms with Crippen molar-refractivity contribution in [3.05, 3.63) is 39.5 Å². The number of nitrogens with zero attached hydrogens (tertiary/aromatic N) is 3. The molecular weight excluding hydrogens is 414 g/mol. The number of likely N-dealkylation sites (N-methyl/N-ethyl adjacent to an activating group) is 1. The normalized spacial score (nSPS) is 11.3. The lowest BCUT2D eigenvalue weighted by molar-refractivity contribution is -0.118. The van der Waals surface area contributed by atoms with Gasteiger partial charge in [0.15, 0.2) is 5.13 Å². The predicted molar refractivity (Wildman–Crippen MR) is 119 cm³/mol. The van der Waals surface area contributed by atoms with Gasteiger partial charge in [-0.25, -0.2) is 4.98 Å². The van der Waals surface area contributed by atoms with Gasteiger partial charge < -0.3 is 9.64 Å². The Bertz CT molecular complexity index is 937. The summed E-state index contributed by atoms with van der Waals surface area (Å²) in [4.78, 5) is 23.0. The lowest BCUT2D eigenvalue weighted by Gasteiger charge is -2.24. The molecule has 5 nitrogen and oxygen atoms in total. The first kappa shape index (κ1) is 21.0. The predicted octanol–water partition coefficient (Wildman–Crippen LogP) is 4.94. The number of hydrogen-bond donors (Lipinski definition) is 0. The molecule has 0 unspecified atom stereocenters. The van der Waals surface area contributed by atoms with Crippen LogP contribution in [0.3, 0.4) is 0 Å². The number of fused-ring (bicyclic) bond motifs is 1. The number of benzene rings is 1. The van der Waals surface area contributed by atoms with Crippen LogP contribution in [-0.4, -0.2) is 49.1 Å². The molecule has 0 bridgehead atoms. The quantitative estimate of drug-likeness (QED) is 0.475. The standard InChI is InChI=1S/C20H24ClN3O2S2/c1-4-23(5-2)11-12-24(18(25)13-14-9-10-17(21)27-14)20-22-19-15(26-3)7-6-8-16(19)28-20/h6-10H,4-5,11-13H2,1-3H3. The highest BCUT2D eigenvalue weighted by Crippen LogP contribution is 2.34. The van der Waals surface area contributed by atoms with Gasteiger partial charge in [0.25, 0.3) is 0 Å². The summed E-state index contributed by atoms with van der Waals surface area (Å²) >= 11 is 8.99. The van der Waals surface area contributed by atoms with Crippen LogP contribution < -0.4 is 9.64 Å². The van der Waals surface area contributed by atoms with E-state index in [1.54, 1.807) is 12.0 Å². The average Bonchev–Trinajstić information content (AvgIpc) is 3.30. The molecule has 0 spiro atoms. The Morgan fingerprint density at radius 3 is 2.57 bits per heavy atom. The first-order valence-electron chi connectivity index (χ1n) is 9.26. The molecule has 0 aliphatic rings. The number of carbonyl (C=O) groups is 1. The zero-order chi connectivity index (χ0) is 20.1. The molecule has 0 saturated heterocycles. The maximum absolute atomic E-state index is 13.1. The van der Waals surface area contributed by atoms with Crippen molar-refractivity contribution in [1.29, 1.82) is 0 Å². The number of aromatic nitrogens is 1. The Morgan fingerprint density at radius 2 is 1.93 bits per heavy atom. The fraction of sp³-hybridized carbons (Fsp3) is 0.400. The van der Waals surface area contributed by atoms with Gasteiger partial charge in [-0.15, -0.1) is 11.3 Å². The number of amides is 1. The van der Waals surface area contributed by atoms with Crippen LogP contribution in [0.15, 0.2) is 30.3 Å². The summed E-state index contributed by atoms with van der Waals surface area (Å²) in [6.07, 6.45) is 0.322. The molecule has 28 heavy (non-hydrogen) atoms. The van der Waals surface area contributed by atoms with Crippen LogP contribution in [0.4, 0.5) is 5.13 Å². The van der Waals surface area contributed by atoms with Crippen LogP contribution in [0.2, 0.25) is 4.34 Å². The van der Waals surface area contributed by atoms with E-state index in [0.29, 0.717) is 22.4 Å². The molecule has 3 rings (SSSR count). The highest BCUT2D eigenvalue weighted by Gasteiger charge is 2.22. The summed E-state index contributed by atoms with van der Waals surface area (Å²) in [6, 6.07) is 9.58. The number of para-hydroxylation sites is 1. The number of halogens is 1. The second-order valence-corrected chi connectivity index (χ2v) is 9.07. The number of carbonyl (C=O) groups excluding carboxylic acids is 1. The number of thiazole rings is 1. The minimum Gasteiger partial charge on any atom is -0.494 e. The van der Waals surface area contributed by atoms with Gasteiger partial charge in [0.1, 0.15) is 11.3 Å². The Labute approximate surface area is 178 Å². The van der Waals surface area contributed by atoms with E-state index in [1.165, 1.54) is 22.7 Å². The number of thiophene rings is 1. The third kappa shape index (κ3) is 4.84. The second kappa shape index (κ2) is 9.69. The van der Waals surface area contributed by atoms with Crippen molar-refractivity contribution in [2.45, 2.75) is 20.3 Å². The highest BCUT2D eigenvalue weighted by molar-refractivity contribution is 7.22. The van der Waals surface area contributed by atoms with Gasteiger partial charge in [-0.2, -0.15) is 0 Å². The molecule has 1 amide bonds. The minimum absolute atomic E-state index is 0.0312. The first-order valence-corrected chi connectivity index (χ1v) is 11.3. The average molecular weight is 438 g/mol.